The van der Waals surface area contributed by atoms with Crippen molar-refractivity contribution in [3.63, 3.8) is 0 Å². The summed E-state index contributed by atoms with van der Waals surface area (Å²) >= 11 is 0. The predicted octanol–water partition coefficient (Wildman–Crippen LogP) is 2.58. The van der Waals surface area contributed by atoms with E-state index in [0.717, 1.165) is 35.5 Å². The molecule has 0 aliphatic rings. The number of rotatable bonds is 4. The van der Waals surface area contributed by atoms with Crippen LogP contribution in [0.25, 0.3) is 11.0 Å². The van der Waals surface area contributed by atoms with Crippen LogP contribution in [-0.2, 0) is 20.0 Å². The van der Waals surface area contributed by atoms with Crippen molar-refractivity contribution in [2.75, 3.05) is 0 Å². The smallest absolute Gasteiger partial charge is 0.159 e. The van der Waals surface area contributed by atoms with Crippen molar-refractivity contribution in [1.29, 1.82) is 0 Å². The van der Waals surface area contributed by atoms with Crippen molar-refractivity contribution in [1.82, 2.24) is 19.3 Å². The van der Waals surface area contributed by atoms with Gasteiger partial charge in [-0.1, -0.05) is 0 Å². The van der Waals surface area contributed by atoms with Crippen LogP contribution in [0.1, 0.15) is 35.7 Å². The molecule has 0 saturated heterocycles. The third kappa shape index (κ3) is 2.35. The molecule has 0 atom stereocenters. The lowest BCUT2D eigenvalue weighted by atomic mass is 10.1. The number of aromatic nitrogens is 4. The zero-order valence-corrected chi connectivity index (χ0v) is 12.5. The van der Waals surface area contributed by atoms with E-state index in [2.05, 4.69) is 16.6 Å². The third-order valence-electron chi connectivity index (χ3n) is 3.81. The van der Waals surface area contributed by atoms with Gasteiger partial charge in [-0.15, -0.1) is 0 Å². The Morgan fingerprint density at radius 1 is 1.29 bits per heavy atom. The Bertz CT molecular complexity index is 813. The lowest BCUT2D eigenvalue weighted by Crippen LogP contribution is -2.06. The summed E-state index contributed by atoms with van der Waals surface area (Å²) in [5.74, 6) is 1.06. The van der Waals surface area contributed by atoms with E-state index in [9.17, 15) is 4.79 Å². The lowest BCUT2D eigenvalue weighted by Gasteiger charge is -2.06. The monoisotopic (exact) mass is 282 g/mol. The Hall–Kier alpha value is -2.43. The van der Waals surface area contributed by atoms with Crippen LogP contribution in [0.4, 0.5) is 0 Å². The number of ketones is 1. The van der Waals surface area contributed by atoms with E-state index in [4.69, 9.17) is 4.98 Å². The number of benzene rings is 1. The van der Waals surface area contributed by atoms with Gasteiger partial charge in [-0.05, 0) is 38.1 Å². The zero-order chi connectivity index (χ0) is 15.0. The Balaban J connectivity index is 2.09. The number of Topliss-reactive ketones (excluding diaryl/α,β-unsaturated/α-hetero) is 1. The lowest BCUT2D eigenvalue weighted by molar-refractivity contribution is 0.101. The van der Waals surface area contributed by atoms with Crippen molar-refractivity contribution >= 4 is 16.8 Å². The minimum absolute atomic E-state index is 0.0659. The standard InChI is InChI=1S/C16H18N4O/c1-4-20-15-6-5-12(11(2)21)9-14(15)18-16(20)10-13-7-8-17-19(13)3/h5-9H,4,10H2,1-3H3. The molecular formula is C16H18N4O. The summed E-state index contributed by atoms with van der Waals surface area (Å²) in [5.41, 5.74) is 3.77. The van der Waals surface area contributed by atoms with Crippen molar-refractivity contribution < 1.29 is 4.79 Å². The van der Waals surface area contributed by atoms with Gasteiger partial charge in [0.15, 0.2) is 5.78 Å². The second kappa shape index (κ2) is 5.16. The molecule has 0 amide bonds. The van der Waals surface area contributed by atoms with Crippen molar-refractivity contribution in [2.24, 2.45) is 7.05 Å². The van der Waals surface area contributed by atoms with E-state index in [1.807, 2.05) is 36.0 Å². The Labute approximate surface area is 123 Å². The van der Waals surface area contributed by atoms with Crippen molar-refractivity contribution in [3.8, 4) is 0 Å². The molecule has 21 heavy (non-hydrogen) atoms. The Kier molecular flexibility index (Phi) is 3.33. The number of hydrogen-bond donors (Lipinski definition) is 0. The second-order valence-corrected chi connectivity index (χ2v) is 5.15. The molecular weight excluding hydrogens is 264 g/mol. The highest BCUT2D eigenvalue weighted by Crippen LogP contribution is 2.20. The summed E-state index contributed by atoms with van der Waals surface area (Å²) in [6, 6.07) is 7.72. The molecule has 0 fully saturated rings. The molecule has 0 N–H and O–H groups in total. The Morgan fingerprint density at radius 3 is 2.71 bits per heavy atom. The SMILES string of the molecule is CCn1c(Cc2ccnn2C)nc2cc(C(C)=O)ccc21. The molecule has 5 nitrogen and oxygen atoms in total. The normalized spacial score (nSPS) is 11.2. The molecule has 0 saturated carbocycles. The number of nitrogens with zero attached hydrogens (tertiary/aromatic N) is 4. The molecule has 2 aromatic heterocycles. The molecule has 2 heterocycles. The highest BCUT2D eigenvalue weighted by molar-refractivity contribution is 5.97. The number of carbonyl (C=O) groups is 1. The van der Waals surface area contributed by atoms with Crippen LogP contribution in [0.5, 0.6) is 0 Å². The van der Waals surface area contributed by atoms with Gasteiger partial charge in [0.1, 0.15) is 5.82 Å². The molecule has 3 rings (SSSR count). The first kappa shape index (κ1) is 13.5. The predicted molar refractivity (Wildman–Crippen MR) is 81.4 cm³/mol. The highest BCUT2D eigenvalue weighted by atomic mass is 16.1. The summed E-state index contributed by atoms with van der Waals surface area (Å²) in [6.45, 7) is 4.53. The first-order valence-electron chi connectivity index (χ1n) is 7.07. The molecule has 0 bridgehead atoms. The summed E-state index contributed by atoms with van der Waals surface area (Å²) in [7, 11) is 1.93. The largest absolute Gasteiger partial charge is 0.328 e. The van der Waals surface area contributed by atoms with Crippen LogP contribution in [0.2, 0.25) is 0 Å². The second-order valence-electron chi connectivity index (χ2n) is 5.15. The molecule has 1 aromatic carbocycles. The maximum absolute atomic E-state index is 11.5. The first-order chi connectivity index (χ1) is 10.1. The average Bonchev–Trinajstić information content (AvgIpc) is 3.01. The number of hydrogen-bond acceptors (Lipinski definition) is 3. The fourth-order valence-corrected chi connectivity index (χ4v) is 2.62. The van der Waals surface area contributed by atoms with E-state index in [0.29, 0.717) is 5.56 Å². The summed E-state index contributed by atoms with van der Waals surface area (Å²) in [6.07, 6.45) is 2.52. The van der Waals surface area contributed by atoms with Crippen LogP contribution in [0.15, 0.2) is 30.5 Å². The number of imidazole rings is 1. The molecule has 5 heteroatoms. The van der Waals surface area contributed by atoms with Crippen LogP contribution in [0.3, 0.4) is 0 Å². The van der Waals surface area contributed by atoms with E-state index in [1.165, 1.54) is 0 Å². The number of aryl methyl sites for hydroxylation is 2. The van der Waals surface area contributed by atoms with Gasteiger partial charge in [-0.25, -0.2) is 4.98 Å². The molecule has 0 aliphatic heterocycles. The molecule has 0 unspecified atom stereocenters. The van der Waals surface area contributed by atoms with Crippen LogP contribution >= 0.6 is 0 Å². The average molecular weight is 282 g/mol. The van der Waals surface area contributed by atoms with Crippen LogP contribution in [0, 0.1) is 0 Å². The highest BCUT2D eigenvalue weighted by Gasteiger charge is 2.13. The minimum atomic E-state index is 0.0659. The quantitative estimate of drug-likeness (QED) is 0.691. The summed E-state index contributed by atoms with van der Waals surface area (Å²) in [5, 5.41) is 4.19. The number of carbonyl (C=O) groups excluding carboxylic acids is 1. The van der Waals surface area contributed by atoms with E-state index in [-0.39, 0.29) is 5.78 Å². The molecule has 0 spiro atoms. The van der Waals surface area contributed by atoms with Gasteiger partial charge in [0.25, 0.3) is 0 Å². The fourth-order valence-electron chi connectivity index (χ4n) is 2.62. The minimum Gasteiger partial charge on any atom is -0.328 e. The van der Waals surface area contributed by atoms with E-state index >= 15 is 0 Å². The zero-order valence-electron chi connectivity index (χ0n) is 12.5. The molecule has 3 aromatic rings. The van der Waals surface area contributed by atoms with E-state index in [1.54, 1.807) is 13.1 Å². The van der Waals surface area contributed by atoms with Gasteiger partial charge >= 0.3 is 0 Å². The van der Waals surface area contributed by atoms with Crippen LogP contribution in [-0.4, -0.2) is 25.1 Å². The molecule has 0 aliphatic carbocycles. The van der Waals surface area contributed by atoms with Gasteiger partial charge < -0.3 is 4.57 Å². The number of fused-ring (bicyclic) bond motifs is 1. The summed E-state index contributed by atoms with van der Waals surface area (Å²) < 4.78 is 4.05. The van der Waals surface area contributed by atoms with Crippen molar-refractivity contribution in [3.05, 3.63) is 47.5 Å². The Morgan fingerprint density at radius 2 is 2.10 bits per heavy atom. The van der Waals surface area contributed by atoms with Gasteiger partial charge in [0.2, 0.25) is 0 Å². The fraction of sp³-hybridized carbons (Fsp3) is 0.312. The maximum Gasteiger partial charge on any atom is 0.159 e. The van der Waals surface area contributed by atoms with Crippen LogP contribution < -0.4 is 0 Å². The van der Waals surface area contributed by atoms with E-state index < -0.39 is 0 Å². The van der Waals surface area contributed by atoms with Gasteiger partial charge in [0.05, 0.1) is 11.0 Å². The van der Waals surface area contributed by atoms with Gasteiger partial charge in [0, 0.05) is 37.5 Å². The molecule has 0 radical (unpaired) electrons. The third-order valence-corrected chi connectivity index (χ3v) is 3.81. The first-order valence-corrected chi connectivity index (χ1v) is 7.07. The summed E-state index contributed by atoms with van der Waals surface area (Å²) in [4.78, 5) is 16.2. The maximum atomic E-state index is 11.5. The van der Waals surface area contributed by atoms with Crippen molar-refractivity contribution in [2.45, 2.75) is 26.8 Å². The topological polar surface area (TPSA) is 52.7 Å². The molecule has 108 valence electrons. The van der Waals surface area contributed by atoms with Gasteiger partial charge in [-0.3, -0.25) is 9.48 Å². The van der Waals surface area contributed by atoms with Gasteiger partial charge in [-0.2, -0.15) is 5.10 Å².